The molecule has 0 aromatic rings. The van der Waals surface area contributed by atoms with Crippen LogP contribution in [0.2, 0.25) is 0 Å². The predicted molar refractivity (Wildman–Crippen MR) is 64.0 cm³/mol. The van der Waals surface area contributed by atoms with E-state index in [-0.39, 0.29) is 0 Å². The summed E-state index contributed by atoms with van der Waals surface area (Å²) in [6.45, 7) is 4.53. The Morgan fingerprint density at radius 3 is 2.07 bits per heavy atom. The molecule has 0 spiro atoms. The SMILES string of the molecule is CCC(CC)CCCCCCCC(=O)O. The third-order valence-corrected chi connectivity index (χ3v) is 3.16. The van der Waals surface area contributed by atoms with E-state index < -0.39 is 5.97 Å². The van der Waals surface area contributed by atoms with Crippen molar-refractivity contribution in [1.82, 2.24) is 0 Å². The highest BCUT2D eigenvalue weighted by atomic mass is 16.4. The molecule has 0 unspecified atom stereocenters. The molecule has 1 N–H and O–H groups in total. The molecule has 90 valence electrons. The summed E-state index contributed by atoms with van der Waals surface area (Å²) in [5.74, 6) is 0.246. The number of aliphatic carboxylic acids is 1. The molecule has 0 heterocycles. The summed E-state index contributed by atoms with van der Waals surface area (Å²) in [6, 6.07) is 0. The van der Waals surface area contributed by atoms with Crippen molar-refractivity contribution in [3.05, 3.63) is 0 Å². The van der Waals surface area contributed by atoms with E-state index in [4.69, 9.17) is 5.11 Å². The minimum absolute atomic E-state index is 0.340. The van der Waals surface area contributed by atoms with Crippen LogP contribution < -0.4 is 0 Å². The first-order chi connectivity index (χ1) is 7.20. The molecule has 0 aromatic carbocycles. The highest BCUT2D eigenvalue weighted by Gasteiger charge is 2.02. The normalized spacial score (nSPS) is 10.9. The Labute approximate surface area is 94.1 Å². The third-order valence-electron chi connectivity index (χ3n) is 3.16. The lowest BCUT2D eigenvalue weighted by Gasteiger charge is -2.11. The first kappa shape index (κ1) is 14.5. The summed E-state index contributed by atoms with van der Waals surface area (Å²) >= 11 is 0. The molecule has 0 bridgehead atoms. The molecule has 0 saturated carbocycles. The van der Waals surface area contributed by atoms with Crippen LogP contribution in [0.3, 0.4) is 0 Å². The molecular weight excluding hydrogens is 188 g/mol. The molecule has 0 fully saturated rings. The number of carboxylic acids is 1. The number of hydrogen-bond acceptors (Lipinski definition) is 1. The molecule has 15 heavy (non-hydrogen) atoms. The average molecular weight is 214 g/mol. The lowest BCUT2D eigenvalue weighted by atomic mass is 9.96. The van der Waals surface area contributed by atoms with Gasteiger partial charge in [0.25, 0.3) is 0 Å². The summed E-state index contributed by atoms with van der Waals surface area (Å²) in [5.41, 5.74) is 0. The zero-order valence-corrected chi connectivity index (χ0v) is 10.3. The lowest BCUT2D eigenvalue weighted by Crippen LogP contribution is -1.96. The highest BCUT2D eigenvalue weighted by Crippen LogP contribution is 2.17. The molecule has 0 aromatic heterocycles. The Kier molecular flexibility index (Phi) is 9.65. The number of rotatable bonds is 10. The standard InChI is InChI=1S/C13H26O2/c1-3-12(4-2)10-8-6-5-7-9-11-13(14)15/h12H,3-11H2,1-2H3,(H,14,15). The van der Waals surface area contributed by atoms with E-state index in [1.54, 1.807) is 0 Å². The van der Waals surface area contributed by atoms with Gasteiger partial charge in [0.05, 0.1) is 0 Å². The fourth-order valence-corrected chi connectivity index (χ4v) is 1.94. The van der Waals surface area contributed by atoms with E-state index in [0.717, 1.165) is 18.8 Å². The second-order valence-electron chi connectivity index (χ2n) is 4.38. The van der Waals surface area contributed by atoms with Crippen molar-refractivity contribution in [2.24, 2.45) is 5.92 Å². The van der Waals surface area contributed by atoms with E-state index >= 15 is 0 Å². The van der Waals surface area contributed by atoms with Gasteiger partial charge >= 0.3 is 5.97 Å². The van der Waals surface area contributed by atoms with Crippen LogP contribution in [-0.4, -0.2) is 11.1 Å². The predicted octanol–water partition coefficient (Wildman–Crippen LogP) is 4.24. The zero-order chi connectivity index (χ0) is 11.5. The monoisotopic (exact) mass is 214 g/mol. The topological polar surface area (TPSA) is 37.3 Å². The van der Waals surface area contributed by atoms with Gasteiger partial charge in [-0.3, -0.25) is 4.79 Å². The van der Waals surface area contributed by atoms with Gasteiger partial charge < -0.3 is 5.11 Å². The second kappa shape index (κ2) is 10.0. The van der Waals surface area contributed by atoms with Gasteiger partial charge in [0.15, 0.2) is 0 Å². The lowest BCUT2D eigenvalue weighted by molar-refractivity contribution is -0.137. The quantitative estimate of drug-likeness (QED) is 0.552. The maximum atomic E-state index is 10.3. The Hall–Kier alpha value is -0.530. The van der Waals surface area contributed by atoms with Gasteiger partial charge in [0.2, 0.25) is 0 Å². The molecule has 0 saturated heterocycles. The van der Waals surface area contributed by atoms with Crippen molar-refractivity contribution in [3.63, 3.8) is 0 Å². The van der Waals surface area contributed by atoms with Crippen LogP contribution in [0.5, 0.6) is 0 Å². The molecule has 2 heteroatoms. The summed E-state index contributed by atoms with van der Waals surface area (Å²) in [6.07, 6.45) is 10.0. The van der Waals surface area contributed by atoms with Crippen LogP contribution in [0.4, 0.5) is 0 Å². The Morgan fingerprint density at radius 2 is 1.53 bits per heavy atom. The van der Waals surface area contributed by atoms with Gasteiger partial charge in [-0.1, -0.05) is 58.8 Å². The number of unbranched alkanes of at least 4 members (excludes halogenated alkanes) is 4. The molecular formula is C13H26O2. The minimum Gasteiger partial charge on any atom is -0.481 e. The second-order valence-corrected chi connectivity index (χ2v) is 4.38. The number of carboxylic acid groups (broad SMARTS) is 1. The largest absolute Gasteiger partial charge is 0.481 e. The van der Waals surface area contributed by atoms with Crippen LogP contribution >= 0.6 is 0 Å². The van der Waals surface area contributed by atoms with Crippen molar-refractivity contribution in [2.45, 2.75) is 71.6 Å². The molecule has 0 aliphatic rings. The van der Waals surface area contributed by atoms with E-state index in [1.165, 1.54) is 38.5 Å². The van der Waals surface area contributed by atoms with Crippen LogP contribution in [0.15, 0.2) is 0 Å². The maximum Gasteiger partial charge on any atom is 0.303 e. The van der Waals surface area contributed by atoms with Gasteiger partial charge in [-0.2, -0.15) is 0 Å². The van der Waals surface area contributed by atoms with E-state index in [1.807, 2.05) is 0 Å². The van der Waals surface area contributed by atoms with Crippen molar-refractivity contribution in [3.8, 4) is 0 Å². The van der Waals surface area contributed by atoms with Gasteiger partial charge in [0, 0.05) is 6.42 Å². The summed E-state index contributed by atoms with van der Waals surface area (Å²) in [5, 5.41) is 8.45. The Balaban J connectivity index is 3.14. The Bertz CT molecular complexity index is 151. The van der Waals surface area contributed by atoms with Gasteiger partial charge in [-0.15, -0.1) is 0 Å². The van der Waals surface area contributed by atoms with Gasteiger partial charge in [0.1, 0.15) is 0 Å². The summed E-state index contributed by atoms with van der Waals surface area (Å²) in [7, 11) is 0. The van der Waals surface area contributed by atoms with Gasteiger partial charge in [-0.25, -0.2) is 0 Å². The van der Waals surface area contributed by atoms with Crippen molar-refractivity contribution in [2.75, 3.05) is 0 Å². The van der Waals surface area contributed by atoms with Crippen LogP contribution in [0, 0.1) is 5.92 Å². The van der Waals surface area contributed by atoms with E-state index in [0.29, 0.717) is 6.42 Å². The van der Waals surface area contributed by atoms with Crippen molar-refractivity contribution in [1.29, 1.82) is 0 Å². The first-order valence-corrected chi connectivity index (χ1v) is 6.42. The molecule has 0 radical (unpaired) electrons. The number of carbonyl (C=O) groups is 1. The molecule has 0 rings (SSSR count). The van der Waals surface area contributed by atoms with E-state index in [9.17, 15) is 4.79 Å². The first-order valence-electron chi connectivity index (χ1n) is 6.42. The molecule has 0 aliphatic carbocycles. The van der Waals surface area contributed by atoms with Crippen molar-refractivity contribution < 1.29 is 9.90 Å². The molecule has 2 nitrogen and oxygen atoms in total. The summed E-state index contributed by atoms with van der Waals surface area (Å²) < 4.78 is 0. The smallest absolute Gasteiger partial charge is 0.303 e. The third kappa shape index (κ3) is 9.77. The fraction of sp³-hybridized carbons (Fsp3) is 0.923. The minimum atomic E-state index is -0.660. The molecule has 0 atom stereocenters. The molecule has 0 amide bonds. The Morgan fingerprint density at radius 1 is 1.00 bits per heavy atom. The number of hydrogen-bond donors (Lipinski definition) is 1. The highest BCUT2D eigenvalue weighted by molar-refractivity contribution is 5.66. The average Bonchev–Trinajstić information content (AvgIpc) is 2.22. The van der Waals surface area contributed by atoms with Crippen molar-refractivity contribution >= 4 is 5.97 Å². The zero-order valence-electron chi connectivity index (χ0n) is 10.3. The van der Waals surface area contributed by atoms with Crippen LogP contribution in [0.1, 0.15) is 71.6 Å². The van der Waals surface area contributed by atoms with Gasteiger partial charge in [-0.05, 0) is 12.3 Å². The maximum absolute atomic E-state index is 10.3. The fourth-order valence-electron chi connectivity index (χ4n) is 1.94. The van der Waals surface area contributed by atoms with Crippen LogP contribution in [-0.2, 0) is 4.79 Å². The van der Waals surface area contributed by atoms with E-state index in [2.05, 4.69) is 13.8 Å². The van der Waals surface area contributed by atoms with Crippen LogP contribution in [0.25, 0.3) is 0 Å². The molecule has 0 aliphatic heterocycles. The summed E-state index contributed by atoms with van der Waals surface area (Å²) in [4.78, 5) is 10.3.